The number of pyridine rings is 1. The second-order valence-corrected chi connectivity index (χ2v) is 7.03. The lowest BCUT2D eigenvalue weighted by Gasteiger charge is -2.12. The molecule has 7 nitrogen and oxygen atoms in total. The normalized spacial score (nSPS) is 12.0. The summed E-state index contributed by atoms with van der Waals surface area (Å²) in [4.78, 5) is 4.48. The number of hydrogen-bond acceptors (Lipinski definition) is 5. The zero-order valence-corrected chi connectivity index (χ0v) is 16.0. The molecular weight excluding hydrogens is 439 g/mol. The van der Waals surface area contributed by atoms with Crippen molar-refractivity contribution in [2.75, 3.05) is 0 Å². The first-order valence-electron chi connectivity index (χ1n) is 8.22. The van der Waals surface area contributed by atoms with Gasteiger partial charge in [0, 0.05) is 22.4 Å². The summed E-state index contributed by atoms with van der Waals surface area (Å²) in [7, 11) is 0. The first-order chi connectivity index (χ1) is 13.3. The molecule has 0 radical (unpaired) electrons. The topological polar surface area (TPSA) is 83.5 Å². The van der Waals surface area contributed by atoms with Gasteiger partial charge in [-0.05, 0) is 31.5 Å². The van der Waals surface area contributed by atoms with E-state index in [0.29, 0.717) is 17.8 Å². The van der Waals surface area contributed by atoms with Crippen molar-refractivity contribution in [3.05, 3.63) is 51.9 Å². The number of hydrogen-bond donors (Lipinski definition) is 0. The molecule has 1 aromatic carbocycles. The quantitative estimate of drug-likeness (QED) is 0.472. The van der Waals surface area contributed by atoms with Crippen LogP contribution in [0.2, 0.25) is 0 Å². The zero-order chi connectivity index (χ0) is 19.9. The fourth-order valence-electron chi connectivity index (χ4n) is 2.97. The molecule has 28 heavy (non-hydrogen) atoms. The molecule has 0 N–H and O–H groups in total. The number of fused-ring (bicyclic) bond motifs is 1. The molecule has 0 unspecified atom stereocenters. The Morgan fingerprint density at radius 2 is 1.93 bits per heavy atom. The average molecular weight is 451 g/mol. The summed E-state index contributed by atoms with van der Waals surface area (Å²) < 4.78 is 43.6. The number of benzene rings is 1. The van der Waals surface area contributed by atoms with E-state index < -0.39 is 11.7 Å². The molecule has 0 saturated carbocycles. The molecule has 0 fully saturated rings. The second kappa shape index (κ2) is 6.97. The number of rotatable bonds is 4. The third-order valence-electron chi connectivity index (χ3n) is 4.23. The van der Waals surface area contributed by atoms with Gasteiger partial charge in [-0.25, -0.2) is 9.67 Å². The smallest absolute Gasteiger partial charge is 0.335 e. The lowest BCUT2D eigenvalue weighted by molar-refractivity contribution is -0.136. The maximum absolute atomic E-state index is 13.8. The first kappa shape index (κ1) is 18.5. The summed E-state index contributed by atoms with van der Waals surface area (Å²) in [5, 5.41) is 18.5. The molecule has 4 aromatic rings. The van der Waals surface area contributed by atoms with Gasteiger partial charge in [0.25, 0.3) is 0 Å². The van der Waals surface area contributed by atoms with E-state index >= 15 is 0 Å². The fourth-order valence-corrected chi connectivity index (χ4v) is 3.23. The van der Waals surface area contributed by atoms with E-state index in [9.17, 15) is 13.2 Å². The van der Waals surface area contributed by atoms with Gasteiger partial charge in [-0.2, -0.15) is 23.5 Å². The van der Waals surface area contributed by atoms with Crippen LogP contribution in [0.25, 0.3) is 22.3 Å². The lowest BCUT2D eigenvalue weighted by Crippen LogP contribution is -2.09. The predicted molar refractivity (Wildman–Crippen MR) is 97.3 cm³/mol. The van der Waals surface area contributed by atoms with Crippen molar-refractivity contribution in [2.45, 2.75) is 26.1 Å². The van der Waals surface area contributed by atoms with E-state index in [1.54, 1.807) is 24.3 Å². The maximum Gasteiger partial charge on any atom is 0.417 e. The molecule has 0 atom stereocenters. The van der Waals surface area contributed by atoms with E-state index in [4.69, 9.17) is 0 Å². The summed E-state index contributed by atoms with van der Waals surface area (Å²) >= 11 is 3.32. The minimum Gasteiger partial charge on any atom is -0.335 e. The van der Waals surface area contributed by atoms with E-state index in [2.05, 4.69) is 46.6 Å². The predicted octanol–water partition coefficient (Wildman–Crippen LogP) is 3.57. The van der Waals surface area contributed by atoms with Crippen molar-refractivity contribution < 1.29 is 13.2 Å². The molecule has 0 aliphatic carbocycles. The van der Waals surface area contributed by atoms with Gasteiger partial charge in [0.05, 0.1) is 22.3 Å². The van der Waals surface area contributed by atoms with Gasteiger partial charge in [-0.3, -0.25) is 10.3 Å². The highest BCUT2D eigenvalue weighted by Crippen LogP contribution is 2.38. The first-order valence-corrected chi connectivity index (χ1v) is 9.01. The van der Waals surface area contributed by atoms with Crippen LogP contribution in [-0.2, 0) is 19.1 Å². The lowest BCUT2D eigenvalue weighted by atomic mass is 10.1. The minimum absolute atomic E-state index is 0.00645. The Balaban J connectivity index is 1.87. The number of halogens is 4. The Morgan fingerprint density at radius 1 is 1.18 bits per heavy atom. The summed E-state index contributed by atoms with van der Waals surface area (Å²) in [5.74, 6) is 0.390. The molecular formula is C17H12BrF3N7-. The molecule has 0 bridgehead atoms. The fraction of sp³-hybridized carbons (Fsp3) is 0.235. The third-order valence-corrected chi connectivity index (χ3v) is 4.76. The summed E-state index contributed by atoms with van der Waals surface area (Å²) in [6, 6.07) is 7.99. The van der Waals surface area contributed by atoms with Crippen molar-refractivity contribution in [1.29, 1.82) is 0 Å². The zero-order valence-electron chi connectivity index (χ0n) is 14.4. The molecule has 144 valence electrons. The van der Waals surface area contributed by atoms with Gasteiger partial charge in [0.2, 0.25) is 0 Å². The number of nitrogens with zero attached hydrogens (tertiary/aromatic N) is 7. The Bertz CT molecular complexity index is 1120. The molecule has 0 amide bonds. The van der Waals surface area contributed by atoms with Gasteiger partial charge in [-0.1, -0.05) is 28.1 Å². The van der Waals surface area contributed by atoms with Gasteiger partial charge >= 0.3 is 6.18 Å². The van der Waals surface area contributed by atoms with Crippen molar-refractivity contribution in [1.82, 2.24) is 35.4 Å². The monoisotopic (exact) mass is 450 g/mol. The van der Waals surface area contributed by atoms with E-state index in [-0.39, 0.29) is 29.0 Å². The molecule has 11 heteroatoms. The molecule has 0 spiro atoms. The Hall–Kier alpha value is -2.82. The summed E-state index contributed by atoms with van der Waals surface area (Å²) in [6.07, 6.45) is -4.21. The van der Waals surface area contributed by atoms with Gasteiger partial charge < -0.3 is 5.10 Å². The van der Waals surface area contributed by atoms with E-state index in [1.807, 2.05) is 0 Å². The van der Waals surface area contributed by atoms with Crippen molar-refractivity contribution in [3.8, 4) is 11.3 Å². The van der Waals surface area contributed by atoms with Crippen LogP contribution in [0, 0.1) is 6.92 Å². The molecule has 3 heterocycles. The number of alkyl halides is 3. The average Bonchev–Trinajstić information content (AvgIpc) is 3.27. The van der Waals surface area contributed by atoms with Gasteiger partial charge in [-0.15, -0.1) is 0 Å². The third kappa shape index (κ3) is 3.49. The van der Waals surface area contributed by atoms with Gasteiger partial charge in [0.15, 0.2) is 5.65 Å². The van der Waals surface area contributed by atoms with Crippen LogP contribution in [0.5, 0.6) is 0 Å². The Kier molecular flexibility index (Phi) is 4.61. The number of aryl methyl sites for hydroxylation is 3. The van der Waals surface area contributed by atoms with E-state index in [0.717, 1.165) is 10.5 Å². The van der Waals surface area contributed by atoms with Crippen LogP contribution in [0.3, 0.4) is 0 Å². The van der Waals surface area contributed by atoms with Crippen LogP contribution in [0.15, 0.2) is 34.8 Å². The number of aromatic nitrogens is 7. The Morgan fingerprint density at radius 3 is 2.57 bits per heavy atom. The van der Waals surface area contributed by atoms with E-state index in [1.165, 1.54) is 11.6 Å². The second-order valence-electron chi connectivity index (χ2n) is 6.11. The molecule has 0 saturated heterocycles. The molecule has 0 aliphatic rings. The highest BCUT2D eigenvalue weighted by atomic mass is 79.9. The summed E-state index contributed by atoms with van der Waals surface area (Å²) in [6.45, 7) is 1.79. The van der Waals surface area contributed by atoms with Crippen LogP contribution in [0.4, 0.5) is 13.2 Å². The Labute approximate surface area is 165 Å². The standard InChI is InChI=1S/C17H12BrF3N7/c1-9-15-12(17(19,20)21)8-13(10-2-4-11(18)5-3-10)22-16(15)28(25-9)7-6-14-23-26-27-24-14/h2-5,8H,6-7H2,1H3/q-1. The number of tetrazole rings is 1. The van der Waals surface area contributed by atoms with Crippen LogP contribution in [-0.4, -0.2) is 30.3 Å². The summed E-state index contributed by atoms with van der Waals surface area (Å²) in [5.41, 5.74) is 0.469. The van der Waals surface area contributed by atoms with Crippen LogP contribution in [0.1, 0.15) is 17.1 Å². The van der Waals surface area contributed by atoms with Gasteiger partial charge in [0.1, 0.15) is 0 Å². The minimum atomic E-state index is -4.54. The highest BCUT2D eigenvalue weighted by Gasteiger charge is 2.35. The molecule has 0 aliphatic heterocycles. The highest BCUT2D eigenvalue weighted by molar-refractivity contribution is 9.10. The largest absolute Gasteiger partial charge is 0.417 e. The van der Waals surface area contributed by atoms with Crippen molar-refractivity contribution in [3.63, 3.8) is 0 Å². The van der Waals surface area contributed by atoms with Crippen molar-refractivity contribution in [2.24, 2.45) is 0 Å². The van der Waals surface area contributed by atoms with Crippen molar-refractivity contribution >= 4 is 27.0 Å². The van der Waals surface area contributed by atoms with Crippen LogP contribution < -0.4 is 5.10 Å². The molecule has 3 aromatic heterocycles. The molecule has 4 rings (SSSR count). The maximum atomic E-state index is 13.8. The SMILES string of the molecule is Cc1nn(CCc2nnn[n-]2)c2nc(-c3ccc(Br)cc3)cc(C(F)(F)F)c12. The van der Waals surface area contributed by atoms with Crippen LogP contribution >= 0.6 is 15.9 Å².